The molecule has 1 amide bonds. The molecule has 2 N–H and O–H groups in total. The Bertz CT molecular complexity index is 767. The number of hydrogen-bond acceptors (Lipinski definition) is 4. The molecule has 0 saturated heterocycles. The van der Waals surface area contributed by atoms with Crippen LogP contribution in [0.25, 0.3) is 0 Å². The number of nitrogens with two attached hydrogens (primary N) is 1. The van der Waals surface area contributed by atoms with Crippen molar-refractivity contribution in [3.05, 3.63) is 55.6 Å². The van der Waals surface area contributed by atoms with Gasteiger partial charge in [-0.25, -0.2) is 0 Å². The van der Waals surface area contributed by atoms with Gasteiger partial charge in [-0.3, -0.25) is 9.59 Å². The summed E-state index contributed by atoms with van der Waals surface area (Å²) < 4.78 is 0.859. The van der Waals surface area contributed by atoms with Crippen LogP contribution in [0, 0.1) is 17.2 Å². The second kappa shape index (κ2) is 7.73. The van der Waals surface area contributed by atoms with Gasteiger partial charge in [-0.1, -0.05) is 11.6 Å². The average molecular weight is 412 g/mol. The van der Waals surface area contributed by atoms with Crippen molar-refractivity contribution < 1.29 is 9.59 Å². The van der Waals surface area contributed by atoms with Crippen LogP contribution in [0.1, 0.15) is 27.6 Å². The molecule has 0 saturated carbocycles. The number of Topliss-reactive ketones (excluding diaryl/α,β-unsaturated/α-hetero) is 1. The third kappa shape index (κ3) is 4.41. The Balaban J connectivity index is 2.31. The number of hydrogen-bond donors (Lipinski definition) is 1. The summed E-state index contributed by atoms with van der Waals surface area (Å²) in [6.45, 7) is 0. The number of primary amides is 1. The zero-order chi connectivity index (χ0) is 17.0. The van der Waals surface area contributed by atoms with Gasteiger partial charge in [-0.15, -0.1) is 11.3 Å². The molecular formula is C16H12BrClN2O2S. The fourth-order valence-electron chi connectivity index (χ4n) is 2.22. The first kappa shape index (κ1) is 17.7. The van der Waals surface area contributed by atoms with E-state index in [1.54, 1.807) is 30.3 Å². The number of carbonyl (C=O) groups is 2. The normalized spacial score (nSPS) is 13.1. The van der Waals surface area contributed by atoms with Gasteiger partial charge in [0.05, 0.1) is 9.86 Å². The van der Waals surface area contributed by atoms with Crippen LogP contribution in [0.5, 0.6) is 0 Å². The van der Waals surface area contributed by atoms with E-state index < -0.39 is 17.7 Å². The number of amides is 1. The van der Waals surface area contributed by atoms with Gasteiger partial charge in [-0.05, 0) is 52.3 Å². The first-order chi connectivity index (χ1) is 10.9. The molecule has 0 radical (unpaired) electrons. The number of carbonyl (C=O) groups excluding carboxylic acids is 2. The maximum absolute atomic E-state index is 12.5. The number of nitrogens with zero attached hydrogens (tertiary/aromatic N) is 1. The number of benzene rings is 1. The second-order valence-corrected chi connectivity index (χ2v) is 7.82. The van der Waals surface area contributed by atoms with Gasteiger partial charge < -0.3 is 5.73 Å². The highest BCUT2D eigenvalue weighted by molar-refractivity contribution is 9.11. The average Bonchev–Trinajstić information content (AvgIpc) is 2.93. The molecule has 118 valence electrons. The minimum atomic E-state index is -1.06. The molecule has 1 heterocycles. The highest BCUT2D eigenvalue weighted by Gasteiger charge is 2.31. The summed E-state index contributed by atoms with van der Waals surface area (Å²) >= 11 is 10.5. The van der Waals surface area contributed by atoms with Crippen molar-refractivity contribution in [1.29, 1.82) is 5.26 Å². The van der Waals surface area contributed by atoms with Crippen molar-refractivity contribution >= 4 is 50.6 Å². The van der Waals surface area contributed by atoms with E-state index in [1.165, 1.54) is 11.3 Å². The van der Waals surface area contributed by atoms with Crippen molar-refractivity contribution in [3.63, 3.8) is 0 Å². The summed E-state index contributed by atoms with van der Waals surface area (Å²) in [5.41, 5.74) is 5.81. The molecule has 2 unspecified atom stereocenters. The molecule has 7 heteroatoms. The van der Waals surface area contributed by atoms with Gasteiger partial charge in [0.1, 0.15) is 5.92 Å². The quantitative estimate of drug-likeness (QED) is 0.725. The molecule has 2 aromatic rings. The largest absolute Gasteiger partial charge is 0.369 e. The van der Waals surface area contributed by atoms with Crippen LogP contribution in [0.2, 0.25) is 5.02 Å². The lowest BCUT2D eigenvalue weighted by Crippen LogP contribution is -2.28. The number of nitriles is 1. The lowest BCUT2D eigenvalue weighted by molar-refractivity contribution is -0.120. The Morgan fingerprint density at radius 2 is 1.91 bits per heavy atom. The van der Waals surface area contributed by atoms with E-state index in [0.717, 1.165) is 8.66 Å². The Morgan fingerprint density at radius 1 is 1.26 bits per heavy atom. The summed E-state index contributed by atoms with van der Waals surface area (Å²) in [5, 5.41) is 9.80. The summed E-state index contributed by atoms with van der Waals surface area (Å²) in [7, 11) is 0. The van der Waals surface area contributed by atoms with Crippen LogP contribution in [-0.4, -0.2) is 11.7 Å². The van der Waals surface area contributed by atoms with Crippen LogP contribution in [0.4, 0.5) is 0 Å². The van der Waals surface area contributed by atoms with Crippen LogP contribution >= 0.6 is 38.9 Å². The van der Waals surface area contributed by atoms with Gasteiger partial charge in [0.25, 0.3) is 0 Å². The van der Waals surface area contributed by atoms with Crippen molar-refractivity contribution in [1.82, 2.24) is 0 Å². The number of halogens is 2. The standard InChI is InChI=1S/C16H12BrClN2O2S/c17-15-6-5-14(23-15)11(12(8-19)16(20)22)7-13(21)9-1-3-10(18)4-2-9/h1-6,11-12H,7H2,(H2,20,22). The van der Waals surface area contributed by atoms with Crippen molar-refractivity contribution in [2.24, 2.45) is 11.7 Å². The molecule has 0 spiro atoms. The van der Waals surface area contributed by atoms with E-state index in [-0.39, 0.29) is 12.2 Å². The summed E-state index contributed by atoms with van der Waals surface area (Å²) in [6, 6.07) is 12.0. The van der Waals surface area contributed by atoms with E-state index >= 15 is 0 Å². The maximum atomic E-state index is 12.5. The molecule has 23 heavy (non-hydrogen) atoms. The fourth-order valence-corrected chi connectivity index (χ4v) is 3.90. The van der Waals surface area contributed by atoms with E-state index in [0.29, 0.717) is 10.6 Å². The topological polar surface area (TPSA) is 83.9 Å². The molecule has 0 bridgehead atoms. The summed E-state index contributed by atoms with van der Waals surface area (Å²) in [4.78, 5) is 24.8. The van der Waals surface area contributed by atoms with E-state index in [4.69, 9.17) is 17.3 Å². The minimum absolute atomic E-state index is 0.0236. The van der Waals surface area contributed by atoms with Crippen molar-refractivity contribution in [3.8, 4) is 6.07 Å². The molecule has 0 fully saturated rings. The highest BCUT2D eigenvalue weighted by atomic mass is 79.9. The third-order valence-electron chi connectivity index (χ3n) is 3.38. The molecule has 0 aliphatic heterocycles. The van der Waals surface area contributed by atoms with E-state index in [1.807, 2.05) is 12.1 Å². The SMILES string of the molecule is N#CC(C(N)=O)C(CC(=O)c1ccc(Cl)cc1)c1ccc(Br)s1. The zero-order valence-corrected chi connectivity index (χ0v) is 15.0. The number of rotatable bonds is 6. The first-order valence-electron chi connectivity index (χ1n) is 6.65. The Morgan fingerprint density at radius 3 is 2.39 bits per heavy atom. The van der Waals surface area contributed by atoms with Crippen LogP contribution < -0.4 is 5.73 Å². The van der Waals surface area contributed by atoms with Crippen molar-refractivity contribution in [2.75, 3.05) is 0 Å². The summed E-state index contributed by atoms with van der Waals surface area (Å²) in [6.07, 6.45) is 0.0236. The van der Waals surface area contributed by atoms with Crippen LogP contribution in [0.3, 0.4) is 0 Å². The lowest BCUT2D eigenvalue weighted by atomic mass is 9.85. The highest BCUT2D eigenvalue weighted by Crippen LogP contribution is 2.36. The third-order valence-corrected chi connectivity index (χ3v) is 5.39. The smallest absolute Gasteiger partial charge is 0.235 e. The molecule has 0 aliphatic carbocycles. The molecular weight excluding hydrogens is 400 g/mol. The van der Waals surface area contributed by atoms with Gasteiger partial charge in [-0.2, -0.15) is 5.26 Å². The predicted octanol–water partition coefficient (Wildman–Crippen LogP) is 4.15. The Kier molecular flexibility index (Phi) is 5.94. The minimum Gasteiger partial charge on any atom is -0.369 e. The maximum Gasteiger partial charge on any atom is 0.235 e. The second-order valence-electron chi connectivity index (χ2n) is 4.89. The van der Waals surface area contributed by atoms with E-state index in [9.17, 15) is 14.9 Å². The van der Waals surface area contributed by atoms with Gasteiger partial charge in [0.15, 0.2) is 5.78 Å². The molecule has 2 rings (SSSR count). The van der Waals surface area contributed by atoms with Gasteiger partial charge >= 0.3 is 0 Å². The van der Waals surface area contributed by atoms with Gasteiger partial charge in [0.2, 0.25) is 5.91 Å². The van der Waals surface area contributed by atoms with Crippen LogP contribution in [0.15, 0.2) is 40.2 Å². The molecule has 1 aromatic heterocycles. The summed E-state index contributed by atoms with van der Waals surface area (Å²) in [5.74, 6) is -2.53. The Labute approximate surface area is 151 Å². The fraction of sp³-hybridized carbons (Fsp3) is 0.188. The lowest BCUT2D eigenvalue weighted by Gasteiger charge is -2.18. The number of thiophene rings is 1. The van der Waals surface area contributed by atoms with Crippen LogP contribution in [-0.2, 0) is 4.79 Å². The van der Waals surface area contributed by atoms with E-state index in [2.05, 4.69) is 15.9 Å². The molecule has 0 aliphatic rings. The molecule has 1 aromatic carbocycles. The molecule has 2 atom stereocenters. The zero-order valence-electron chi connectivity index (χ0n) is 11.8. The first-order valence-corrected chi connectivity index (χ1v) is 8.64. The monoisotopic (exact) mass is 410 g/mol. The predicted molar refractivity (Wildman–Crippen MR) is 93.5 cm³/mol. The van der Waals surface area contributed by atoms with Gasteiger partial charge in [0, 0.05) is 27.8 Å². The van der Waals surface area contributed by atoms with Crippen molar-refractivity contribution in [2.45, 2.75) is 12.3 Å². The Hall–Kier alpha value is -1.68. The molecule has 4 nitrogen and oxygen atoms in total. The number of ketones is 1.